The molecule has 0 aliphatic heterocycles. The van der Waals surface area contributed by atoms with Crippen molar-refractivity contribution < 1.29 is 5.11 Å². The first-order chi connectivity index (χ1) is 6.74. The lowest BCUT2D eigenvalue weighted by Gasteiger charge is -2.08. The molecule has 1 aromatic rings. The van der Waals surface area contributed by atoms with Gasteiger partial charge in [0.2, 0.25) is 0 Å². The number of thiazole rings is 1. The number of aryl methyl sites for hydroxylation is 1. The van der Waals surface area contributed by atoms with Crippen molar-refractivity contribution in [3.8, 4) is 0 Å². The summed E-state index contributed by atoms with van der Waals surface area (Å²) in [6, 6.07) is 0. The van der Waals surface area contributed by atoms with Crippen LogP contribution in [0, 0.1) is 12.8 Å². The van der Waals surface area contributed by atoms with Crippen LogP contribution in [0.2, 0.25) is 0 Å². The lowest BCUT2D eigenvalue weighted by atomic mass is 10.2. The lowest BCUT2D eigenvalue weighted by Crippen LogP contribution is -2.25. The van der Waals surface area contributed by atoms with Crippen LogP contribution in [0.4, 0.5) is 0 Å². The van der Waals surface area contributed by atoms with E-state index < -0.39 is 0 Å². The third-order valence-corrected chi connectivity index (χ3v) is 3.17. The molecule has 4 heteroatoms. The molecule has 0 radical (unpaired) electrons. The Morgan fingerprint density at radius 2 is 2.43 bits per heavy atom. The maximum Gasteiger partial charge on any atom is 0.0797 e. The summed E-state index contributed by atoms with van der Waals surface area (Å²) in [6.45, 7) is 6.18. The minimum Gasteiger partial charge on any atom is -0.396 e. The number of hydrogen-bond donors (Lipinski definition) is 2. The Bertz CT molecular complexity index is 262. The molecule has 0 aliphatic carbocycles. The van der Waals surface area contributed by atoms with Gasteiger partial charge in [-0.25, -0.2) is 4.98 Å². The van der Waals surface area contributed by atoms with Crippen molar-refractivity contribution in [3.05, 3.63) is 16.1 Å². The minimum atomic E-state index is 0.257. The molecule has 3 nitrogen and oxygen atoms in total. The molecule has 1 unspecified atom stereocenters. The zero-order valence-corrected chi connectivity index (χ0v) is 9.60. The Hall–Kier alpha value is -0.450. The molecule has 1 heterocycles. The van der Waals surface area contributed by atoms with Crippen LogP contribution < -0.4 is 5.32 Å². The highest BCUT2D eigenvalue weighted by Gasteiger charge is 2.01. The molecule has 0 saturated carbocycles. The van der Waals surface area contributed by atoms with Gasteiger partial charge in [-0.3, -0.25) is 0 Å². The fraction of sp³-hybridized carbons (Fsp3) is 0.700. The van der Waals surface area contributed by atoms with Crippen LogP contribution in [0.15, 0.2) is 5.51 Å². The first kappa shape index (κ1) is 11.6. The average molecular weight is 214 g/mol. The molecule has 1 aromatic heterocycles. The maximum atomic E-state index is 8.81. The largest absolute Gasteiger partial charge is 0.396 e. The van der Waals surface area contributed by atoms with Gasteiger partial charge in [0, 0.05) is 18.0 Å². The molecule has 0 saturated heterocycles. The smallest absolute Gasteiger partial charge is 0.0797 e. The van der Waals surface area contributed by atoms with Crippen LogP contribution in [-0.4, -0.2) is 29.8 Å². The zero-order chi connectivity index (χ0) is 10.4. The van der Waals surface area contributed by atoms with Gasteiger partial charge in [-0.1, -0.05) is 6.92 Å². The van der Waals surface area contributed by atoms with Crippen molar-refractivity contribution in [1.29, 1.82) is 0 Å². The predicted octanol–water partition coefficient (Wildman–Crippen LogP) is 1.21. The molecule has 0 aliphatic rings. The van der Waals surface area contributed by atoms with Crippen molar-refractivity contribution in [1.82, 2.24) is 10.3 Å². The molecule has 0 aromatic carbocycles. The van der Waals surface area contributed by atoms with Crippen LogP contribution in [0.1, 0.15) is 17.5 Å². The highest BCUT2D eigenvalue weighted by Crippen LogP contribution is 2.11. The normalized spacial score (nSPS) is 13.1. The minimum absolute atomic E-state index is 0.257. The molecule has 2 N–H and O–H groups in total. The number of aliphatic hydroxyl groups is 1. The lowest BCUT2D eigenvalue weighted by molar-refractivity contribution is 0.234. The SMILES string of the molecule is Cc1ncsc1CCNCC(C)CO. The highest BCUT2D eigenvalue weighted by molar-refractivity contribution is 7.09. The molecule has 0 spiro atoms. The van der Waals surface area contributed by atoms with E-state index in [1.807, 2.05) is 19.4 Å². The second-order valence-electron chi connectivity index (χ2n) is 3.60. The monoisotopic (exact) mass is 214 g/mol. The van der Waals surface area contributed by atoms with E-state index in [1.54, 1.807) is 11.3 Å². The van der Waals surface area contributed by atoms with Crippen molar-refractivity contribution in [2.24, 2.45) is 5.92 Å². The first-order valence-electron chi connectivity index (χ1n) is 4.94. The third-order valence-electron chi connectivity index (χ3n) is 2.18. The second kappa shape index (κ2) is 6.11. The first-order valence-corrected chi connectivity index (χ1v) is 5.82. The summed E-state index contributed by atoms with van der Waals surface area (Å²) in [7, 11) is 0. The van der Waals surface area contributed by atoms with E-state index in [1.165, 1.54) is 4.88 Å². The molecule has 0 bridgehead atoms. The van der Waals surface area contributed by atoms with E-state index in [0.717, 1.165) is 25.2 Å². The topological polar surface area (TPSA) is 45.2 Å². The number of rotatable bonds is 6. The number of nitrogens with one attached hydrogen (secondary N) is 1. The van der Waals surface area contributed by atoms with E-state index in [2.05, 4.69) is 10.3 Å². The summed E-state index contributed by atoms with van der Waals surface area (Å²) in [4.78, 5) is 5.55. The molecule has 1 rings (SSSR count). The van der Waals surface area contributed by atoms with Gasteiger partial charge in [-0.15, -0.1) is 11.3 Å². The predicted molar refractivity (Wildman–Crippen MR) is 59.7 cm³/mol. The quantitative estimate of drug-likeness (QED) is 0.700. The number of aliphatic hydroxyl groups excluding tert-OH is 1. The van der Waals surface area contributed by atoms with Gasteiger partial charge in [-0.05, 0) is 25.8 Å². The van der Waals surface area contributed by atoms with Gasteiger partial charge in [-0.2, -0.15) is 0 Å². The summed E-state index contributed by atoms with van der Waals surface area (Å²) >= 11 is 1.71. The van der Waals surface area contributed by atoms with Crippen LogP contribution >= 0.6 is 11.3 Å². The van der Waals surface area contributed by atoms with Crippen molar-refractivity contribution >= 4 is 11.3 Å². The zero-order valence-electron chi connectivity index (χ0n) is 8.79. The van der Waals surface area contributed by atoms with Crippen molar-refractivity contribution in [2.45, 2.75) is 20.3 Å². The van der Waals surface area contributed by atoms with Crippen molar-refractivity contribution in [2.75, 3.05) is 19.7 Å². The van der Waals surface area contributed by atoms with Gasteiger partial charge in [0.25, 0.3) is 0 Å². The summed E-state index contributed by atoms with van der Waals surface area (Å²) in [5.74, 6) is 0.345. The van der Waals surface area contributed by atoms with Gasteiger partial charge >= 0.3 is 0 Å². The Labute approximate surface area is 89.2 Å². The maximum absolute atomic E-state index is 8.81. The van der Waals surface area contributed by atoms with E-state index >= 15 is 0 Å². The Balaban J connectivity index is 2.13. The second-order valence-corrected chi connectivity index (χ2v) is 4.54. The van der Waals surface area contributed by atoms with Crippen LogP contribution in [0.5, 0.6) is 0 Å². The van der Waals surface area contributed by atoms with E-state index in [0.29, 0.717) is 5.92 Å². The van der Waals surface area contributed by atoms with Gasteiger partial charge in [0.05, 0.1) is 11.2 Å². The number of aromatic nitrogens is 1. The summed E-state index contributed by atoms with van der Waals surface area (Å²) in [6.07, 6.45) is 1.04. The molecular formula is C10H18N2OS. The summed E-state index contributed by atoms with van der Waals surface area (Å²) in [5.41, 5.74) is 3.04. The van der Waals surface area contributed by atoms with Gasteiger partial charge in [0.15, 0.2) is 0 Å². The van der Waals surface area contributed by atoms with E-state index in [-0.39, 0.29) is 6.61 Å². The standard InChI is InChI=1S/C10H18N2OS/c1-8(6-13)5-11-4-3-10-9(2)12-7-14-10/h7-8,11,13H,3-6H2,1-2H3. The van der Waals surface area contributed by atoms with Crippen LogP contribution in [-0.2, 0) is 6.42 Å². The molecule has 80 valence electrons. The molecular weight excluding hydrogens is 196 g/mol. The number of hydrogen-bond acceptors (Lipinski definition) is 4. The molecule has 0 amide bonds. The molecule has 14 heavy (non-hydrogen) atoms. The Morgan fingerprint density at radius 3 is 3.00 bits per heavy atom. The Morgan fingerprint density at radius 1 is 1.64 bits per heavy atom. The fourth-order valence-electron chi connectivity index (χ4n) is 1.18. The third kappa shape index (κ3) is 3.74. The number of nitrogens with zero attached hydrogens (tertiary/aromatic N) is 1. The van der Waals surface area contributed by atoms with Crippen LogP contribution in [0.25, 0.3) is 0 Å². The van der Waals surface area contributed by atoms with E-state index in [9.17, 15) is 0 Å². The van der Waals surface area contributed by atoms with E-state index in [4.69, 9.17) is 5.11 Å². The van der Waals surface area contributed by atoms with Crippen molar-refractivity contribution in [3.63, 3.8) is 0 Å². The van der Waals surface area contributed by atoms with Gasteiger partial charge < -0.3 is 10.4 Å². The highest BCUT2D eigenvalue weighted by atomic mass is 32.1. The fourth-order valence-corrected chi connectivity index (χ4v) is 1.96. The summed E-state index contributed by atoms with van der Waals surface area (Å²) in [5, 5.41) is 12.1. The molecule has 0 fully saturated rings. The van der Waals surface area contributed by atoms with Crippen LogP contribution in [0.3, 0.4) is 0 Å². The molecule has 1 atom stereocenters. The Kier molecular flexibility index (Phi) is 5.07. The average Bonchev–Trinajstić information content (AvgIpc) is 2.58. The van der Waals surface area contributed by atoms with Gasteiger partial charge in [0.1, 0.15) is 0 Å². The summed E-state index contributed by atoms with van der Waals surface area (Å²) < 4.78 is 0.